The van der Waals surface area contributed by atoms with Gasteiger partial charge in [-0.1, -0.05) is 6.07 Å². The van der Waals surface area contributed by atoms with Gasteiger partial charge in [-0.15, -0.1) is 0 Å². The van der Waals surface area contributed by atoms with Crippen molar-refractivity contribution in [1.29, 1.82) is 0 Å². The molecule has 3 N–H and O–H groups in total. The molecule has 5 nitrogen and oxygen atoms in total. The molecule has 1 heterocycles. The molecule has 3 rings (SSSR count). The lowest BCUT2D eigenvalue weighted by atomic mass is 10.0. The second-order valence-electron chi connectivity index (χ2n) is 7.19. The van der Waals surface area contributed by atoms with E-state index in [1.807, 2.05) is 6.92 Å². The van der Waals surface area contributed by atoms with E-state index in [9.17, 15) is 26.3 Å². The van der Waals surface area contributed by atoms with Crippen molar-refractivity contribution < 1.29 is 31.1 Å². The van der Waals surface area contributed by atoms with Crippen molar-refractivity contribution in [2.75, 3.05) is 18.5 Å². The predicted molar refractivity (Wildman–Crippen MR) is 105 cm³/mol. The minimum atomic E-state index is -5.76. The van der Waals surface area contributed by atoms with Gasteiger partial charge in [-0.2, -0.15) is 27.1 Å². The molecule has 0 aliphatic heterocycles. The van der Waals surface area contributed by atoms with E-state index in [1.54, 1.807) is 29.9 Å². The van der Waals surface area contributed by atoms with Crippen LogP contribution in [-0.2, 0) is 7.05 Å². The summed E-state index contributed by atoms with van der Waals surface area (Å²) in [7, 11) is 1.68. The Hall–Kier alpha value is -2.95. The number of nitrogens with one attached hydrogen (secondary N) is 1. The lowest BCUT2D eigenvalue weighted by Crippen LogP contribution is -2.41. The Morgan fingerprint density at radius 2 is 1.84 bits per heavy atom. The second kappa shape index (κ2) is 8.29. The Morgan fingerprint density at radius 3 is 2.48 bits per heavy atom. The Labute approximate surface area is 173 Å². The number of alkyl halides is 5. The summed E-state index contributed by atoms with van der Waals surface area (Å²) >= 11 is 0. The van der Waals surface area contributed by atoms with E-state index in [0.29, 0.717) is 23.4 Å². The third-order valence-corrected chi connectivity index (χ3v) is 4.52. The van der Waals surface area contributed by atoms with Gasteiger partial charge in [0.2, 0.25) is 0 Å². The van der Waals surface area contributed by atoms with Gasteiger partial charge in [-0.05, 0) is 42.8 Å². The molecule has 11 heteroatoms. The molecule has 0 amide bonds. The molecule has 0 spiro atoms. The van der Waals surface area contributed by atoms with Crippen molar-refractivity contribution in [2.24, 2.45) is 12.8 Å². The first-order valence-corrected chi connectivity index (χ1v) is 9.22. The number of nitrogens with two attached hydrogens (primary N) is 1. The molecule has 0 bridgehead atoms. The van der Waals surface area contributed by atoms with Gasteiger partial charge in [-0.3, -0.25) is 4.68 Å². The Morgan fingerprint density at radius 1 is 1.13 bits per heavy atom. The highest BCUT2D eigenvalue weighted by atomic mass is 19.4. The third-order valence-electron chi connectivity index (χ3n) is 4.52. The zero-order chi connectivity index (χ0) is 23.0. The molecular formula is C20H20F6N4O. The number of halogens is 6. The molecule has 168 valence electrons. The van der Waals surface area contributed by atoms with Crippen LogP contribution in [0, 0.1) is 5.82 Å². The van der Waals surface area contributed by atoms with Crippen molar-refractivity contribution in [1.82, 2.24) is 9.78 Å². The van der Waals surface area contributed by atoms with Gasteiger partial charge < -0.3 is 15.8 Å². The summed E-state index contributed by atoms with van der Waals surface area (Å²) in [5, 5.41) is 8.19. The van der Waals surface area contributed by atoms with Gasteiger partial charge in [0.1, 0.15) is 11.6 Å². The lowest BCUT2D eigenvalue weighted by molar-refractivity contribution is -0.289. The first kappa shape index (κ1) is 22.7. The zero-order valence-corrected chi connectivity index (χ0v) is 16.6. The molecule has 1 unspecified atom stereocenters. The number of rotatable bonds is 7. The minimum absolute atomic E-state index is 0.0335. The van der Waals surface area contributed by atoms with Crippen LogP contribution in [0.1, 0.15) is 6.92 Å². The molecule has 1 atom stereocenters. The quantitative estimate of drug-likeness (QED) is 0.516. The van der Waals surface area contributed by atoms with Crippen LogP contribution in [-0.4, -0.2) is 41.1 Å². The van der Waals surface area contributed by atoms with Crippen LogP contribution in [0.5, 0.6) is 5.75 Å². The summed E-state index contributed by atoms with van der Waals surface area (Å²) < 4.78 is 84.0. The van der Waals surface area contributed by atoms with E-state index in [2.05, 4.69) is 10.4 Å². The Bertz CT molecular complexity index is 1080. The van der Waals surface area contributed by atoms with Gasteiger partial charge in [0, 0.05) is 30.6 Å². The fraction of sp³-hybridized carbons (Fsp3) is 0.350. The lowest BCUT2D eigenvalue weighted by Gasteiger charge is -2.21. The first-order chi connectivity index (χ1) is 14.4. The Kier molecular flexibility index (Phi) is 6.08. The molecule has 3 aromatic rings. The maximum atomic E-state index is 13.8. The van der Waals surface area contributed by atoms with E-state index >= 15 is 0 Å². The van der Waals surface area contributed by atoms with Gasteiger partial charge >= 0.3 is 12.1 Å². The van der Waals surface area contributed by atoms with Crippen LogP contribution in [0.2, 0.25) is 0 Å². The van der Waals surface area contributed by atoms with Gasteiger partial charge in [-0.25, -0.2) is 4.39 Å². The number of aromatic nitrogens is 2. The smallest absolute Gasteiger partial charge is 0.456 e. The first-order valence-electron chi connectivity index (χ1n) is 9.22. The molecule has 2 aromatic carbocycles. The van der Waals surface area contributed by atoms with Crippen LogP contribution in [0.4, 0.5) is 32.2 Å². The van der Waals surface area contributed by atoms with Crippen LogP contribution in [0.15, 0.2) is 36.4 Å². The number of nitrogens with zero attached hydrogens (tertiary/aromatic N) is 2. The van der Waals surface area contributed by atoms with Crippen LogP contribution < -0.4 is 15.8 Å². The number of aryl methyl sites for hydroxylation is 1. The summed E-state index contributed by atoms with van der Waals surface area (Å²) in [6.07, 6.45) is -5.76. The number of ether oxygens (including phenoxy) is 1. The van der Waals surface area contributed by atoms with Crippen molar-refractivity contribution in [3.63, 3.8) is 0 Å². The number of fused-ring (bicyclic) bond motifs is 1. The summed E-state index contributed by atoms with van der Waals surface area (Å²) in [6.45, 7) is 0.377. The van der Waals surface area contributed by atoms with Crippen molar-refractivity contribution in [2.45, 2.75) is 25.1 Å². The largest absolute Gasteiger partial charge is 0.486 e. The summed E-state index contributed by atoms with van der Waals surface area (Å²) in [6, 6.07) is 7.70. The highest BCUT2D eigenvalue weighted by Gasteiger charge is 2.58. The predicted octanol–water partition coefficient (Wildman–Crippen LogP) is 4.71. The summed E-state index contributed by atoms with van der Waals surface area (Å²) in [5.74, 6) is -5.48. The maximum absolute atomic E-state index is 13.8. The molecule has 31 heavy (non-hydrogen) atoms. The van der Waals surface area contributed by atoms with E-state index in [0.717, 1.165) is 23.6 Å². The normalized spacial score (nSPS) is 13.5. The number of hydrogen-bond acceptors (Lipinski definition) is 4. The topological polar surface area (TPSA) is 65.1 Å². The number of benzene rings is 2. The molecule has 0 saturated carbocycles. The van der Waals surface area contributed by atoms with Crippen LogP contribution in [0.3, 0.4) is 0 Å². The minimum Gasteiger partial charge on any atom is -0.486 e. The summed E-state index contributed by atoms with van der Waals surface area (Å²) in [4.78, 5) is 0. The SMILES string of the molecule is CC(N)CNc1nn(C)c2cc(-c3cc(F)ccc3OCC(F)(F)C(F)(F)F)ccc12. The Balaban J connectivity index is 1.97. The summed E-state index contributed by atoms with van der Waals surface area (Å²) in [5.41, 5.74) is 6.76. The maximum Gasteiger partial charge on any atom is 0.456 e. The third kappa shape index (κ3) is 4.87. The van der Waals surface area contributed by atoms with E-state index < -0.39 is 24.5 Å². The molecule has 0 radical (unpaired) electrons. The highest BCUT2D eigenvalue weighted by Crippen LogP contribution is 2.38. The molecule has 0 saturated heterocycles. The molecular weight excluding hydrogens is 426 g/mol. The van der Waals surface area contributed by atoms with E-state index in [4.69, 9.17) is 10.5 Å². The van der Waals surface area contributed by atoms with Gasteiger partial charge in [0.05, 0.1) is 5.52 Å². The molecule has 0 aliphatic carbocycles. The average molecular weight is 446 g/mol. The molecule has 0 aliphatic rings. The van der Waals surface area contributed by atoms with Gasteiger partial charge in [0.25, 0.3) is 0 Å². The van der Waals surface area contributed by atoms with Crippen molar-refractivity contribution >= 4 is 16.7 Å². The fourth-order valence-electron chi connectivity index (χ4n) is 2.92. The van der Waals surface area contributed by atoms with E-state index in [1.165, 1.54) is 0 Å². The number of hydrogen-bond donors (Lipinski definition) is 2. The second-order valence-corrected chi connectivity index (χ2v) is 7.19. The van der Waals surface area contributed by atoms with Crippen molar-refractivity contribution in [3.05, 3.63) is 42.2 Å². The number of anilines is 1. The highest BCUT2D eigenvalue weighted by molar-refractivity contribution is 5.93. The monoisotopic (exact) mass is 446 g/mol. The van der Waals surface area contributed by atoms with E-state index in [-0.39, 0.29) is 17.4 Å². The van der Waals surface area contributed by atoms with Crippen LogP contribution in [0.25, 0.3) is 22.0 Å². The molecule has 1 aromatic heterocycles. The van der Waals surface area contributed by atoms with Gasteiger partial charge in [0.15, 0.2) is 12.4 Å². The zero-order valence-electron chi connectivity index (χ0n) is 16.6. The van der Waals surface area contributed by atoms with Crippen LogP contribution >= 0.6 is 0 Å². The standard InChI is InChI=1S/C20H20F6N4O/c1-11(27)9-28-18-14-5-3-12(7-16(14)30(2)29-18)15-8-13(21)4-6-17(15)31-10-19(22,23)20(24,25)26/h3-8,11H,9-10,27H2,1-2H3,(H,28,29). The van der Waals surface area contributed by atoms with Crippen molar-refractivity contribution in [3.8, 4) is 16.9 Å². The molecule has 0 fully saturated rings. The fourth-order valence-corrected chi connectivity index (χ4v) is 2.92. The average Bonchev–Trinajstić information content (AvgIpc) is 2.99.